The molecule has 0 atom stereocenters. The topological polar surface area (TPSA) is 115 Å². The highest BCUT2D eigenvalue weighted by molar-refractivity contribution is 5.79. The maximum absolute atomic E-state index is 13.3. The van der Waals surface area contributed by atoms with Gasteiger partial charge in [-0.15, -0.1) is 10.2 Å². The summed E-state index contributed by atoms with van der Waals surface area (Å²) >= 11 is 0. The van der Waals surface area contributed by atoms with Crippen molar-refractivity contribution in [3.63, 3.8) is 0 Å². The van der Waals surface area contributed by atoms with Crippen LogP contribution in [0.4, 0.5) is 0 Å². The van der Waals surface area contributed by atoms with Gasteiger partial charge in [-0.2, -0.15) is 5.21 Å². The van der Waals surface area contributed by atoms with E-state index in [2.05, 4.69) is 32.5 Å². The van der Waals surface area contributed by atoms with Crippen molar-refractivity contribution in [1.82, 2.24) is 34.7 Å². The first-order chi connectivity index (χ1) is 16.7. The number of nitrogens with zero attached hydrogens (tertiary/aromatic N) is 6. The van der Waals surface area contributed by atoms with Crippen molar-refractivity contribution in [2.24, 2.45) is 0 Å². The highest BCUT2D eigenvalue weighted by atomic mass is 16.3. The number of imidazole rings is 1. The van der Waals surface area contributed by atoms with Crippen LogP contribution >= 0.6 is 0 Å². The molecule has 0 amide bonds. The van der Waals surface area contributed by atoms with Gasteiger partial charge in [0.2, 0.25) is 5.82 Å². The maximum atomic E-state index is 13.3. The number of phenols is 1. The predicted molar refractivity (Wildman–Crippen MR) is 128 cm³/mol. The molecule has 34 heavy (non-hydrogen) atoms. The van der Waals surface area contributed by atoms with Crippen LogP contribution in [0.15, 0.2) is 77.9 Å². The summed E-state index contributed by atoms with van der Waals surface area (Å²) in [5.74, 6) is 0.577. The molecule has 0 saturated carbocycles. The van der Waals surface area contributed by atoms with Crippen LogP contribution in [0.1, 0.15) is 24.7 Å². The minimum atomic E-state index is -0.210. The fraction of sp³-hybridized carbons (Fsp3) is 0.160. The molecule has 0 unspecified atom stereocenters. The van der Waals surface area contributed by atoms with E-state index < -0.39 is 0 Å². The van der Waals surface area contributed by atoms with E-state index in [0.717, 1.165) is 40.9 Å². The normalized spacial score (nSPS) is 11.1. The van der Waals surface area contributed by atoms with Crippen molar-refractivity contribution >= 4 is 0 Å². The average molecular weight is 454 g/mol. The van der Waals surface area contributed by atoms with Crippen molar-refractivity contribution in [3.05, 3.63) is 94.9 Å². The van der Waals surface area contributed by atoms with Gasteiger partial charge in [0.1, 0.15) is 5.75 Å². The fourth-order valence-corrected chi connectivity index (χ4v) is 4.04. The Morgan fingerprint density at radius 3 is 2.50 bits per heavy atom. The van der Waals surface area contributed by atoms with Gasteiger partial charge in [0, 0.05) is 29.2 Å². The standard InChI is InChI=1S/C25H23N7O2/c1-2-7-19-16-32(22-10-5-6-11-23(22)33)25(34)31(19)15-18-13-12-17(14-26-18)20-8-3-4-9-21(20)24-27-29-30-28-24/h3-6,8-14,16,33H,2,7,15H2,1H3,(H,27,28,29,30). The third kappa shape index (κ3) is 3.99. The van der Waals surface area contributed by atoms with Crippen LogP contribution in [-0.4, -0.2) is 39.8 Å². The summed E-state index contributed by atoms with van der Waals surface area (Å²) in [6, 6.07) is 18.5. The molecule has 9 nitrogen and oxygen atoms in total. The Bertz CT molecular complexity index is 1470. The molecule has 0 aliphatic heterocycles. The van der Waals surface area contributed by atoms with E-state index in [4.69, 9.17) is 0 Å². The first kappa shape index (κ1) is 21.3. The fourth-order valence-electron chi connectivity index (χ4n) is 4.04. The Hall–Kier alpha value is -4.53. The van der Waals surface area contributed by atoms with E-state index >= 15 is 0 Å². The van der Waals surface area contributed by atoms with Crippen LogP contribution < -0.4 is 5.69 Å². The van der Waals surface area contributed by atoms with Crippen molar-refractivity contribution < 1.29 is 5.11 Å². The Balaban J connectivity index is 1.48. The molecule has 0 fully saturated rings. The summed E-state index contributed by atoms with van der Waals surface area (Å²) in [5.41, 5.74) is 4.61. The van der Waals surface area contributed by atoms with Crippen molar-refractivity contribution in [2.75, 3.05) is 0 Å². The van der Waals surface area contributed by atoms with E-state index in [1.807, 2.05) is 36.4 Å². The van der Waals surface area contributed by atoms with E-state index in [1.165, 1.54) is 4.57 Å². The molecule has 0 saturated heterocycles. The molecule has 0 bridgehead atoms. The van der Waals surface area contributed by atoms with Gasteiger partial charge in [-0.25, -0.2) is 4.79 Å². The van der Waals surface area contributed by atoms with Crippen molar-refractivity contribution in [2.45, 2.75) is 26.3 Å². The van der Waals surface area contributed by atoms with E-state index in [1.54, 1.807) is 41.2 Å². The molecule has 3 heterocycles. The number of para-hydroxylation sites is 2. The van der Waals surface area contributed by atoms with Crippen LogP contribution in [0.3, 0.4) is 0 Å². The Kier molecular flexibility index (Phi) is 5.73. The lowest BCUT2D eigenvalue weighted by atomic mass is 10.0. The largest absolute Gasteiger partial charge is 0.506 e. The molecule has 170 valence electrons. The molecular weight excluding hydrogens is 430 g/mol. The highest BCUT2D eigenvalue weighted by Gasteiger charge is 2.16. The van der Waals surface area contributed by atoms with E-state index in [9.17, 15) is 9.90 Å². The number of phenolic OH excluding ortho intramolecular Hbond substituents is 1. The number of pyridine rings is 1. The zero-order valence-corrected chi connectivity index (χ0v) is 18.6. The third-order valence-electron chi connectivity index (χ3n) is 5.68. The Labute approximate surface area is 195 Å². The summed E-state index contributed by atoms with van der Waals surface area (Å²) in [7, 11) is 0. The number of benzene rings is 2. The maximum Gasteiger partial charge on any atom is 0.333 e. The van der Waals surface area contributed by atoms with Crippen LogP contribution in [0.25, 0.3) is 28.2 Å². The lowest BCUT2D eigenvalue weighted by Gasteiger charge is -2.09. The smallest absolute Gasteiger partial charge is 0.333 e. The number of tetrazole rings is 1. The lowest BCUT2D eigenvalue weighted by Crippen LogP contribution is -2.25. The average Bonchev–Trinajstić information content (AvgIpc) is 3.50. The van der Waals surface area contributed by atoms with Gasteiger partial charge >= 0.3 is 5.69 Å². The molecule has 5 rings (SSSR count). The van der Waals surface area contributed by atoms with Gasteiger partial charge in [-0.1, -0.05) is 55.8 Å². The zero-order chi connectivity index (χ0) is 23.5. The first-order valence-electron chi connectivity index (χ1n) is 11.0. The van der Waals surface area contributed by atoms with Crippen LogP contribution in [0.5, 0.6) is 5.75 Å². The number of H-pyrrole nitrogens is 1. The van der Waals surface area contributed by atoms with Gasteiger partial charge in [0.05, 0.1) is 17.9 Å². The molecule has 0 aliphatic rings. The highest BCUT2D eigenvalue weighted by Crippen LogP contribution is 2.29. The SMILES string of the molecule is CCCc1cn(-c2ccccc2O)c(=O)n1Cc1ccc(-c2ccccc2-c2nn[nH]n2)cn1. The number of aromatic nitrogens is 7. The summed E-state index contributed by atoms with van der Waals surface area (Å²) < 4.78 is 3.21. The number of hydrogen-bond acceptors (Lipinski definition) is 6. The third-order valence-corrected chi connectivity index (χ3v) is 5.68. The van der Waals surface area contributed by atoms with Crippen LogP contribution in [0.2, 0.25) is 0 Å². The molecule has 0 spiro atoms. The van der Waals surface area contributed by atoms with Crippen molar-refractivity contribution in [1.29, 1.82) is 0 Å². The Morgan fingerprint density at radius 1 is 1.00 bits per heavy atom. The van der Waals surface area contributed by atoms with Gasteiger partial charge in [0.15, 0.2) is 0 Å². The van der Waals surface area contributed by atoms with Crippen LogP contribution in [-0.2, 0) is 13.0 Å². The summed E-state index contributed by atoms with van der Waals surface area (Å²) in [6.45, 7) is 2.40. The number of hydrogen-bond donors (Lipinski definition) is 2. The summed E-state index contributed by atoms with van der Waals surface area (Å²) in [6.07, 6.45) is 5.23. The molecule has 0 radical (unpaired) electrons. The molecule has 5 aromatic rings. The van der Waals surface area contributed by atoms with E-state index in [-0.39, 0.29) is 11.4 Å². The van der Waals surface area contributed by atoms with E-state index in [0.29, 0.717) is 18.1 Å². The molecular formula is C25H23N7O2. The zero-order valence-electron chi connectivity index (χ0n) is 18.6. The number of nitrogens with one attached hydrogen (secondary N) is 1. The van der Waals surface area contributed by atoms with Gasteiger partial charge in [-0.05, 0) is 35.4 Å². The second kappa shape index (κ2) is 9.14. The van der Waals surface area contributed by atoms with Gasteiger partial charge < -0.3 is 5.11 Å². The number of aromatic amines is 1. The molecule has 2 N–H and O–H groups in total. The monoisotopic (exact) mass is 453 g/mol. The second-order valence-electron chi connectivity index (χ2n) is 7.92. The Morgan fingerprint density at radius 2 is 1.79 bits per heavy atom. The molecule has 9 heteroatoms. The quantitative estimate of drug-likeness (QED) is 0.389. The first-order valence-corrected chi connectivity index (χ1v) is 11.0. The molecule has 3 aromatic heterocycles. The molecule has 2 aromatic carbocycles. The molecule has 0 aliphatic carbocycles. The summed E-state index contributed by atoms with van der Waals surface area (Å²) in [4.78, 5) is 17.9. The van der Waals surface area contributed by atoms with Gasteiger partial charge in [-0.3, -0.25) is 14.1 Å². The number of aryl methyl sites for hydroxylation is 1. The minimum Gasteiger partial charge on any atom is -0.506 e. The minimum absolute atomic E-state index is 0.0625. The number of rotatable bonds is 7. The van der Waals surface area contributed by atoms with Gasteiger partial charge in [0.25, 0.3) is 0 Å². The van der Waals surface area contributed by atoms with Crippen molar-refractivity contribution in [3.8, 4) is 34.0 Å². The predicted octanol–water partition coefficient (Wildman–Crippen LogP) is 3.59. The summed E-state index contributed by atoms with van der Waals surface area (Å²) in [5, 5.41) is 24.6. The number of aromatic hydroxyl groups is 1. The second-order valence-corrected chi connectivity index (χ2v) is 7.92. The van der Waals surface area contributed by atoms with Crippen LogP contribution in [0, 0.1) is 0 Å². The lowest BCUT2D eigenvalue weighted by molar-refractivity contribution is 0.471.